The van der Waals surface area contributed by atoms with E-state index in [4.69, 9.17) is 15.6 Å². The van der Waals surface area contributed by atoms with Gasteiger partial charge in [-0.05, 0) is 5.92 Å². The first-order valence-corrected chi connectivity index (χ1v) is 6.55. The van der Waals surface area contributed by atoms with Crippen LogP contribution in [0.25, 0.3) is 0 Å². The smallest absolute Gasteiger partial charge is 0.323 e. The lowest BCUT2D eigenvalue weighted by Crippen LogP contribution is -2.46. The summed E-state index contributed by atoms with van der Waals surface area (Å²) in [5.74, 6) is -1.49. The maximum atomic E-state index is 11.9. The number of ether oxygens (including phenoxy) is 1. The van der Waals surface area contributed by atoms with Crippen LogP contribution in [0.1, 0.15) is 26.7 Å². The monoisotopic (exact) mass is 275 g/mol. The summed E-state index contributed by atoms with van der Waals surface area (Å²) in [5, 5.41) is 8.86. The Morgan fingerprint density at radius 1 is 1.32 bits per heavy atom. The van der Waals surface area contributed by atoms with Crippen LogP contribution in [-0.4, -0.2) is 61.4 Å². The van der Waals surface area contributed by atoms with E-state index in [1.54, 1.807) is 0 Å². The first kappa shape index (κ1) is 17.9. The molecular weight excluding hydrogens is 248 g/mol. The molecule has 6 nitrogen and oxygen atoms in total. The summed E-state index contributed by atoms with van der Waals surface area (Å²) in [7, 11) is 5.74. The van der Waals surface area contributed by atoms with Crippen LogP contribution in [0.3, 0.4) is 0 Å². The third kappa shape index (κ3) is 7.79. The van der Waals surface area contributed by atoms with Gasteiger partial charge in [-0.25, -0.2) is 0 Å². The lowest BCUT2D eigenvalue weighted by atomic mass is 10.0. The molecular formula is C13H27N2O4+. The van der Waals surface area contributed by atoms with Gasteiger partial charge in [0, 0.05) is 0 Å². The van der Waals surface area contributed by atoms with Gasteiger partial charge in [0.2, 0.25) is 0 Å². The summed E-state index contributed by atoms with van der Waals surface area (Å²) < 4.78 is 5.78. The highest BCUT2D eigenvalue weighted by atomic mass is 16.5. The van der Waals surface area contributed by atoms with E-state index in [1.807, 2.05) is 35.0 Å². The van der Waals surface area contributed by atoms with E-state index in [2.05, 4.69) is 0 Å². The molecule has 0 aromatic rings. The minimum Gasteiger partial charge on any atom is -0.481 e. The van der Waals surface area contributed by atoms with Gasteiger partial charge < -0.3 is 20.1 Å². The van der Waals surface area contributed by atoms with Crippen molar-refractivity contribution in [3.05, 3.63) is 0 Å². The number of aliphatic carboxylic acids is 1. The molecule has 112 valence electrons. The van der Waals surface area contributed by atoms with E-state index >= 15 is 0 Å². The molecule has 0 radical (unpaired) electrons. The van der Waals surface area contributed by atoms with E-state index < -0.39 is 24.1 Å². The van der Waals surface area contributed by atoms with Gasteiger partial charge in [-0.3, -0.25) is 9.59 Å². The fourth-order valence-corrected chi connectivity index (χ4v) is 1.68. The number of hydrogen-bond acceptors (Lipinski definition) is 4. The van der Waals surface area contributed by atoms with Crippen molar-refractivity contribution in [2.24, 2.45) is 11.7 Å². The summed E-state index contributed by atoms with van der Waals surface area (Å²) >= 11 is 0. The Kier molecular flexibility index (Phi) is 7.00. The molecule has 0 unspecified atom stereocenters. The number of carbonyl (C=O) groups is 2. The summed E-state index contributed by atoms with van der Waals surface area (Å²) in [6.45, 7) is 4.25. The number of nitrogens with two attached hydrogens (primary N) is 1. The molecule has 0 spiro atoms. The summed E-state index contributed by atoms with van der Waals surface area (Å²) in [4.78, 5) is 22.7. The van der Waals surface area contributed by atoms with E-state index in [1.165, 1.54) is 0 Å². The fourth-order valence-electron chi connectivity index (χ4n) is 1.68. The zero-order chi connectivity index (χ0) is 15.2. The highest BCUT2D eigenvalue weighted by Crippen LogP contribution is 2.11. The van der Waals surface area contributed by atoms with Crippen molar-refractivity contribution in [3.8, 4) is 0 Å². The molecule has 0 bridgehead atoms. The number of likely N-dealkylation sites (N-methyl/N-ethyl adjacent to an activating group) is 1. The lowest BCUT2D eigenvalue weighted by molar-refractivity contribution is -0.873. The standard InChI is InChI=1S/C13H26N2O4/c1-6-9(2)12(14)13(18)19-10(7-11(16)17)8-15(3,4)5/h9-10,12H,6-8,14H2,1-5H3/p+1/t9-,10+,12-/m0/s1. The molecule has 0 fully saturated rings. The molecule has 0 heterocycles. The Bertz CT molecular complexity index is 312. The Labute approximate surface area is 115 Å². The highest BCUT2D eigenvalue weighted by Gasteiger charge is 2.28. The third-order valence-electron chi connectivity index (χ3n) is 2.97. The molecule has 0 aliphatic rings. The van der Waals surface area contributed by atoms with Gasteiger partial charge in [-0.1, -0.05) is 20.3 Å². The van der Waals surface area contributed by atoms with Gasteiger partial charge in [0.1, 0.15) is 12.6 Å². The van der Waals surface area contributed by atoms with Crippen LogP contribution in [-0.2, 0) is 14.3 Å². The minimum absolute atomic E-state index is 0.0158. The predicted octanol–water partition coefficient (Wildman–Crippen LogP) is 0.453. The second kappa shape index (κ2) is 7.45. The van der Waals surface area contributed by atoms with Crippen molar-refractivity contribution < 1.29 is 23.9 Å². The Morgan fingerprint density at radius 3 is 2.21 bits per heavy atom. The van der Waals surface area contributed by atoms with Crippen molar-refractivity contribution in [1.29, 1.82) is 0 Å². The average Bonchev–Trinajstić information content (AvgIpc) is 2.23. The molecule has 19 heavy (non-hydrogen) atoms. The number of quaternary nitrogens is 1. The number of carboxylic acids is 1. The van der Waals surface area contributed by atoms with Gasteiger partial charge in [0.05, 0.1) is 27.6 Å². The predicted molar refractivity (Wildman–Crippen MR) is 72.5 cm³/mol. The molecule has 0 amide bonds. The second-order valence-corrected chi connectivity index (χ2v) is 6.04. The molecule has 6 heteroatoms. The molecule has 0 aromatic heterocycles. The molecule has 0 saturated carbocycles. The second-order valence-electron chi connectivity index (χ2n) is 6.04. The SMILES string of the molecule is CC[C@H](C)[C@H](N)C(=O)O[C@H](CC(=O)O)C[N+](C)(C)C. The van der Waals surface area contributed by atoms with Crippen LogP contribution in [0.15, 0.2) is 0 Å². The van der Waals surface area contributed by atoms with Crippen LogP contribution in [0.4, 0.5) is 0 Å². The van der Waals surface area contributed by atoms with Crippen LogP contribution in [0.2, 0.25) is 0 Å². The molecule has 3 N–H and O–H groups in total. The van der Waals surface area contributed by atoms with Gasteiger partial charge in [-0.2, -0.15) is 0 Å². The maximum Gasteiger partial charge on any atom is 0.323 e. The lowest BCUT2D eigenvalue weighted by Gasteiger charge is -2.29. The van der Waals surface area contributed by atoms with E-state index in [0.717, 1.165) is 6.42 Å². The Hall–Kier alpha value is -1.14. The number of carboxylic acid groups (broad SMARTS) is 1. The topological polar surface area (TPSA) is 89.6 Å². The van der Waals surface area contributed by atoms with Crippen molar-refractivity contribution in [2.75, 3.05) is 27.7 Å². The summed E-state index contributed by atoms with van der Waals surface area (Å²) in [6.07, 6.45) is -0.0796. The van der Waals surface area contributed by atoms with Crippen molar-refractivity contribution in [1.82, 2.24) is 0 Å². The average molecular weight is 275 g/mol. The fraction of sp³-hybridized carbons (Fsp3) is 0.846. The number of nitrogens with zero attached hydrogens (tertiary/aromatic N) is 1. The number of rotatable bonds is 8. The molecule has 0 aromatic carbocycles. The van der Waals surface area contributed by atoms with Gasteiger partial charge in [0.15, 0.2) is 6.10 Å². The minimum atomic E-state index is -0.983. The molecule has 0 aliphatic carbocycles. The zero-order valence-electron chi connectivity index (χ0n) is 12.5. The van der Waals surface area contributed by atoms with E-state index in [0.29, 0.717) is 11.0 Å². The van der Waals surface area contributed by atoms with Gasteiger partial charge in [-0.15, -0.1) is 0 Å². The summed E-state index contributed by atoms with van der Waals surface area (Å²) in [6, 6.07) is -0.700. The van der Waals surface area contributed by atoms with Crippen molar-refractivity contribution >= 4 is 11.9 Å². The normalized spacial score (nSPS) is 16.5. The van der Waals surface area contributed by atoms with Crippen LogP contribution >= 0.6 is 0 Å². The Morgan fingerprint density at radius 2 is 1.84 bits per heavy atom. The third-order valence-corrected chi connectivity index (χ3v) is 2.97. The highest BCUT2D eigenvalue weighted by molar-refractivity contribution is 5.76. The van der Waals surface area contributed by atoms with E-state index in [-0.39, 0.29) is 12.3 Å². The van der Waals surface area contributed by atoms with Crippen LogP contribution in [0.5, 0.6) is 0 Å². The zero-order valence-corrected chi connectivity index (χ0v) is 12.5. The number of esters is 1. The van der Waals surface area contributed by atoms with Crippen molar-refractivity contribution in [3.63, 3.8) is 0 Å². The van der Waals surface area contributed by atoms with E-state index in [9.17, 15) is 9.59 Å². The number of carbonyl (C=O) groups excluding carboxylic acids is 1. The Balaban J connectivity index is 4.63. The summed E-state index contributed by atoms with van der Waals surface area (Å²) in [5.41, 5.74) is 5.79. The largest absolute Gasteiger partial charge is 0.481 e. The first-order valence-electron chi connectivity index (χ1n) is 6.55. The molecule has 3 atom stereocenters. The first-order chi connectivity index (χ1) is 8.56. The molecule has 0 rings (SSSR count). The molecule has 0 aliphatic heterocycles. The maximum absolute atomic E-state index is 11.9. The van der Waals surface area contributed by atoms with Gasteiger partial charge in [0.25, 0.3) is 0 Å². The molecule has 0 saturated heterocycles. The van der Waals surface area contributed by atoms with Crippen molar-refractivity contribution in [2.45, 2.75) is 38.8 Å². The van der Waals surface area contributed by atoms with Crippen LogP contribution in [0, 0.1) is 5.92 Å². The van der Waals surface area contributed by atoms with Gasteiger partial charge >= 0.3 is 11.9 Å². The van der Waals surface area contributed by atoms with Crippen LogP contribution < -0.4 is 5.73 Å². The quantitative estimate of drug-likeness (QED) is 0.496. The number of hydrogen-bond donors (Lipinski definition) is 2.